The third-order valence-electron chi connectivity index (χ3n) is 4.37. The average molecular weight is 344 g/mol. The van der Waals surface area contributed by atoms with Crippen LogP contribution in [-0.4, -0.2) is 35.5 Å². The van der Waals surface area contributed by atoms with Crippen molar-refractivity contribution in [3.05, 3.63) is 53.0 Å². The quantitative estimate of drug-likeness (QED) is 0.732. The van der Waals surface area contributed by atoms with Gasteiger partial charge in [0.1, 0.15) is 11.5 Å². The number of aryl methyl sites for hydroxylation is 1. The summed E-state index contributed by atoms with van der Waals surface area (Å²) >= 11 is 0. The molecule has 1 heterocycles. The number of phenolic OH excluding ortho intramolecular Hbond substituents is 1. The van der Waals surface area contributed by atoms with E-state index in [1.807, 2.05) is 25.1 Å². The summed E-state index contributed by atoms with van der Waals surface area (Å²) in [6.07, 6.45) is 1.48. The zero-order valence-corrected chi connectivity index (χ0v) is 15.3. The van der Waals surface area contributed by atoms with Gasteiger partial charge in [0.25, 0.3) is 5.91 Å². The van der Waals surface area contributed by atoms with E-state index in [1.54, 1.807) is 12.1 Å². The molecule has 2 aromatic rings. The number of furan rings is 1. The second kappa shape index (κ2) is 9.28. The molecule has 0 saturated carbocycles. The van der Waals surface area contributed by atoms with E-state index in [1.165, 1.54) is 0 Å². The predicted octanol–water partition coefficient (Wildman–Crippen LogP) is 3.36. The minimum atomic E-state index is -0.181. The molecule has 0 unspecified atom stereocenters. The van der Waals surface area contributed by atoms with Crippen LogP contribution in [0, 0.1) is 0 Å². The van der Waals surface area contributed by atoms with Crippen molar-refractivity contribution in [2.24, 2.45) is 0 Å². The first kappa shape index (κ1) is 19.1. The van der Waals surface area contributed by atoms with E-state index in [-0.39, 0.29) is 11.7 Å². The summed E-state index contributed by atoms with van der Waals surface area (Å²) in [4.78, 5) is 14.6. The molecule has 0 saturated heterocycles. The van der Waals surface area contributed by atoms with E-state index < -0.39 is 0 Å². The lowest BCUT2D eigenvalue weighted by molar-refractivity contribution is 0.0925. The number of amides is 1. The number of hydrogen-bond donors (Lipinski definition) is 2. The topological polar surface area (TPSA) is 65.7 Å². The van der Waals surface area contributed by atoms with Crippen molar-refractivity contribution in [1.82, 2.24) is 10.2 Å². The fourth-order valence-electron chi connectivity index (χ4n) is 2.77. The maximum Gasteiger partial charge on any atom is 0.287 e. The molecule has 1 aromatic carbocycles. The van der Waals surface area contributed by atoms with Crippen LogP contribution in [0.3, 0.4) is 0 Å². The number of phenols is 1. The van der Waals surface area contributed by atoms with Crippen molar-refractivity contribution < 1.29 is 14.3 Å². The minimum absolute atomic E-state index is 0.181. The van der Waals surface area contributed by atoms with Gasteiger partial charge in [-0.1, -0.05) is 32.9 Å². The van der Waals surface area contributed by atoms with E-state index in [0.717, 1.165) is 42.9 Å². The van der Waals surface area contributed by atoms with Crippen LogP contribution in [-0.2, 0) is 19.4 Å². The number of aromatic hydroxyl groups is 1. The van der Waals surface area contributed by atoms with Gasteiger partial charge in [-0.2, -0.15) is 0 Å². The van der Waals surface area contributed by atoms with Gasteiger partial charge in [-0.25, -0.2) is 0 Å². The molecule has 1 amide bonds. The van der Waals surface area contributed by atoms with Gasteiger partial charge in [0, 0.05) is 25.1 Å². The van der Waals surface area contributed by atoms with E-state index in [0.29, 0.717) is 18.7 Å². The van der Waals surface area contributed by atoms with Crippen LogP contribution in [0.5, 0.6) is 5.75 Å². The predicted molar refractivity (Wildman–Crippen MR) is 98.9 cm³/mol. The first-order valence-electron chi connectivity index (χ1n) is 8.97. The third-order valence-corrected chi connectivity index (χ3v) is 4.37. The molecular weight excluding hydrogens is 316 g/mol. The molecule has 5 nitrogen and oxygen atoms in total. The summed E-state index contributed by atoms with van der Waals surface area (Å²) in [6, 6.07) is 8.87. The van der Waals surface area contributed by atoms with Gasteiger partial charge in [-0.05, 0) is 43.3 Å². The number of nitrogens with zero attached hydrogens (tertiary/aromatic N) is 1. The SMILES string of the molecule is CCc1oc(C(=O)NCCc2ccc(O)cc2)cc1CN(CC)CC. The van der Waals surface area contributed by atoms with E-state index in [9.17, 15) is 9.90 Å². The number of carbonyl (C=O) groups is 1. The van der Waals surface area contributed by atoms with Gasteiger partial charge >= 0.3 is 0 Å². The average Bonchev–Trinajstić information content (AvgIpc) is 3.04. The van der Waals surface area contributed by atoms with E-state index in [2.05, 4.69) is 24.1 Å². The van der Waals surface area contributed by atoms with Crippen LogP contribution in [0.1, 0.15) is 48.2 Å². The molecule has 5 heteroatoms. The monoisotopic (exact) mass is 344 g/mol. The van der Waals surface area contributed by atoms with Crippen molar-refractivity contribution >= 4 is 5.91 Å². The fourth-order valence-corrected chi connectivity index (χ4v) is 2.77. The number of carbonyl (C=O) groups excluding carboxylic acids is 1. The molecule has 25 heavy (non-hydrogen) atoms. The normalized spacial score (nSPS) is 11.0. The molecule has 0 radical (unpaired) electrons. The second-order valence-electron chi connectivity index (χ2n) is 6.05. The molecule has 0 aliphatic carbocycles. The number of rotatable bonds is 9. The second-order valence-corrected chi connectivity index (χ2v) is 6.05. The molecule has 0 fully saturated rings. The molecule has 0 bridgehead atoms. The summed E-state index contributed by atoms with van der Waals surface area (Å²) < 4.78 is 5.76. The Morgan fingerprint density at radius 2 is 1.84 bits per heavy atom. The maximum atomic E-state index is 12.3. The lowest BCUT2D eigenvalue weighted by Gasteiger charge is -2.17. The van der Waals surface area contributed by atoms with E-state index in [4.69, 9.17) is 4.42 Å². The highest BCUT2D eigenvalue weighted by atomic mass is 16.4. The molecule has 2 N–H and O–H groups in total. The molecule has 0 aliphatic heterocycles. The van der Waals surface area contributed by atoms with Gasteiger partial charge in [-0.15, -0.1) is 0 Å². The number of hydrogen-bond acceptors (Lipinski definition) is 4. The first-order valence-corrected chi connectivity index (χ1v) is 8.97. The Kier molecular flexibility index (Phi) is 7.07. The highest BCUT2D eigenvalue weighted by Crippen LogP contribution is 2.18. The smallest absolute Gasteiger partial charge is 0.287 e. The summed E-state index contributed by atoms with van der Waals surface area (Å²) in [5, 5.41) is 12.2. The van der Waals surface area contributed by atoms with Crippen molar-refractivity contribution in [2.75, 3.05) is 19.6 Å². The summed E-state index contributed by atoms with van der Waals surface area (Å²) in [6.45, 7) is 9.57. The van der Waals surface area contributed by atoms with Gasteiger partial charge in [0.2, 0.25) is 0 Å². The minimum Gasteiger partial charge on any atom is -0.508 e. The van der Waals surface area contributed by atoms with Gasteiger partial charge in [0.15, 0.2) is 5.76 Å². The number of benzene rings is 1. The number of nitrogens with one attached hydrogen (secondary N) is 1. The Morgan fingerprint density at radius 3 is 2.44 bits per heavy atom. The molecule has 0 atom stereocenters. The van der Waals surface area contributed by atoms with E-state index >= 15 is 0 Å². The maximum absolute atomic E-state index is 12.3. The van der Waals surface area contributed by atoms with Crippen molar-refractivity contribution in [1.29, 1.82) is 0 Å². The zero-order valence-electron chi connectivity index (χ0n) is 15.3. The summed E-state index contributed by atoms with van der Waals surface area (Å²) in [5.41, 5.74) is 2.16. The summed E-state index contributed by atoms with van der Waals surface area (Å²) in [5.74, 6) is 1.33. The van der Waals surface area contributed by atoms with Crippen LogP contribution >= 0.6 is 0 Å². The standard InChI is InChI=1S/C20H28N2O3/c1-4-18-16(14-22(5-2)6-3)13-19(25-18)20(24)21-12-11-15-7-9-17(23)10-8-15/h7-10,13,23H,4-6,11-12,14H2,1-3H3,(H,21,24). The molecule has 0 spiro atoms. The van der Waals surface area contributed by atoms with Crippen LogP contribution in [0.4, 0.5) is 0 Å². The van der Waals surface area contributed by atoms with Gasteiger partial charge in [0.05, 0.1) is 0 Å². The van der Waals surface area contributed by atoms with Crippen molar-refractivity contribution in [2.45, 2.75) is 40.2 Å². The highest BCUT2D eigenvalue weighted by Gasteiger charge is 2.16. The van der Waals surface area contributed by atoms with Gasteiger partial charge in [-0.3, -0.25) is 9.69 Å². The largest absolute Gasteiger partial charge is 0.508 e. The third kappa shape index (κ3) is 5.36. The molecule has 0 aliphatic rings. The Balaban J connectivity index is 1.94. The highest BCUT2D eigenvalue weighted by molar-refractivity contribution is 5.91. The molecule has 136 valence electrons. The fraction of sp³-hybridized carbons (Fsp3) is 0.450. The first-order chi connectivity index (χ1) is 12.1. The molecule has 1 aromatic heterocycles. The molecule has 2 rings (SSSR count). The van der Waals surface area contributed by atoms with Crippen LogP contribution < -0.4 is 5.32 Å². The van der Waals surface area contributed by atoms with Crippen LogP contribution in [0.25, 0.3) is 0 Å². The van der Waals surface area contributed by atoms with Crippen molar-refractivity contribution in [3.63, 3.8) is 0 Å². The Labute approximate surface area is 149 Å². The molecular formula is C20H28N2O3. The van der Waals surface area contributed by atoms with Gasteiger partial charge < -0.3 is 14.8 Å². The lowest BCUT2D eigenvalue weighted by atomic mass is 10.1. The zero-order chi connectivity index (χ0) is 18.2. The van der Waals surface area contributed by atoms with Crippen LogP contribution in [0.2, 0.25) is 0 Å². The van der Waals surface area contributed by atoms with Crippen LogP contribution in [0.15, 0.2) is 34.7 Å². The lowest BCUT2D eigenvalue weighted by Crippen LogP contribution is -2.25. The van der Waals surface area contributed by atoms with Crippen molar-refractivity contribution in [3.8, 4) is 5.75 Å². The Morgan fingerprint density at radius 1 is 1.16 bits per heavy atom. The Bertz CT molecular complexity index is 673. The Hall–Kier alpha value is -2.27. The summed E-state index contributed by atoms with van der Waals surface area (Å²) in [7, 11) is 0.